The molecule has 3 aliphatic rings. The molecule has 3 heterocycles. The zero-order valence-electron chi connectivity index (χ0n) is 19.0. The molecule has 0 unspecified atom stereocenters. The van der Waals surface area contributed by atoms with E-state index in [0.717, 1.165) is 25.9 Å². The number of amides is 3. The van der Waals surface area contributed by atoms with Gasteiger partial charge in [0.1, 0.15) is 11.8 Å². The van der Waals surface area contributed by atoms with E-state index in [1.54, 1.807) is 46.2 Å². The summed E-state index contributed by atoms with van der Waals surface area (Å²) in [6.07, 6.45) is 2.84. The van der Waals surface area contributed by atoms with Gasteiger partial charge in [0.25, 0.3) is 11.8 Å². The SMILES string of the molecule is O=C(c1ccccc1Cl)N1CCC2(CC1)OC[C@@H](C(=O)N1CCCC1)N2C(=O)c1ccccc1. The van der Waals surface area contributed by atoms with Crippen LogP contribution < -0.4 is 0 Å². The minimum Gasteiger partial charge on any atom is -0.353 e. The Bertz CT molecular complexity index is 1080. The highest BCUT2D eigenvalue weighted by molar-refractivity contribution is 6.33. The van der Waals surface area contributed by atoms with Crippen LogP contribution in [0.4, 0.5) is 0 Å². The number of likely N-dealkylation sites (tertiary alicyclic amines) is 2. The van der Waals surface area contributed by atoms with Gasteiger partial charge in [-0.05, 0) is 37.1 Å². The minimum absolute atomic E-state index is 0.0479. The number of nitrogens with zero attached hydrogens (tertiary/aromatic N) is 3. The second-order valence-corrected chi connectivity index (χ2v) is 9.53. The molecule has 1 atom stereocenters. The number of halogens is 1. The van der Waals surface area contributed by atoms with Crippen molar-refractivity contribution in [1.29, 1.82) is 0 Å². The van der Waals surface area contributed by atoms with Gasteiger partial charge in [0.2, 0.25) is 5.91 Å². The van der Waals surface area contributed by atoms with E-state index < -0.39 is 11.8 Å². The number of hydrogen-bond acceptors (Lipinski definition) is 4. The van der Waals surface area contributed by atoms with Gasteiger partial charge in [-0.15, -0.1) is 0 Å². The van der Waals surface area contributed by atoms with E-state index in [1.807, 2.05) is 23.1 Å². The standard InChI is InChI=1S/C26H28ClN3O4/c27-21-11-5-4-10-20(21)24(32)29-16-12-26(13-17-29)30(23(31)19-8-2-1-3-9-19)22(18-34-26)25(33)28-14-6-7-15-28/h1-5,8-11,22H,6-7,12-18H2/t22-/m0/s1. The Morgan fingerprint density at radius 1 is 0.824 bits per heavy atom. The van der Waals surface area contributed by atoms with Gasteiger partial charge in [0.05, 0.1) is 17.2 Å². The Morgan fingerprint density at radius 3 is 2.15 bits per heavy atom. The normalized spacial score (nSPS) is 21.8. The van der Waals surface area contributed by atoms with Crippen molar-refractivity contribution in [3.05, 3.63) is 70.7 Å². The summed E-state index contributed by atoms with van der Waals surface area (Å²) >= 11 is 6.24. The maximum absolute atomic E-state index is 13.7. The molecule has 7 nitrogen and oxygen atoms in total. The molecule has 34 heavy (non-hydrogen) atoms. The van der Waals surface area contributed by atoms with E-state index in [2.05, 4.69) is 0 Å². The van der Waals surface area contributed by atoms with Crippen LogP contribution in [0.3, 0.4) is 0 Å². The third-order valence-corrected chi connectivity index (χ3v) is 7.47. The molecule has 0 bridgehead atoms. The molecule has 3 saturated heterocycles. The van der Waals surface area contributed by atoms with Gasteiger partial charge in [-0.25, -0.2) is 0 Å². The van der Waals surface area contributed by atoms with E-state index in [-0.39, 0.29) is 24.3 Å². The highest BCUT2D eigenvalue weighted by Crippen LogP contribution is 2.39. The van der Waals surface area contributed by atoms with Crippen LogP contribution in [0.2, 0.25) is 5.02 Å². The smallest absolute Gasteiger partial charge is 0.256 e. The van der Waals surface area contributed by atoms with Crippen LogP contribution in [0, 0.1) is 0 Å². The summed E-state index contributed by atoms with van der Waals surface area (Å²) in [5, 5.41) is 0.419. The maximum Gasteiger partial charge on any atom is 0.256 e. The van der Waals surface area contributed by atoms with Gasteiger partial charge < -0.3 is 14.5 Å². The van der Waals surface area contributed by atoms with E-state index in [1.165, 1.54) is 0 Å². The lowest BCUT2D eigenvalue weighted by molar-refractivity contribution is -0.136. The van der Waals surface area contributed by atoms with Crippen LogP contribution in [-0.4, -0.2) is 77.0 Å². The van der Waals surface area contributed by atoms with Gasteiger partial charge in [0, 0.05) is 44.6 Å². The van der Waals surface area contributed by atoms with Crippen molar-refractivity contribution >= 4 is 29.3 Å². The Morgan fingerprint density at radius 2 is 1.47 bits per heavy atom. The number of carbonyl (C=O) groups excluding carboxylic acids is 3. The summed E-state index contributed by atoms with van der Waals surface area (Å²) in [4.78, 5) is 45.4. The number of carbonyl (C=O) groups is 3. The molecular weight excluding hydrogens is 454 g/mol. The first-order valence-electron chi connectivity index (χ1n) is 11.9. The number of piperidine rings is 1. The number of hydrogen-bond donors (Lipinski definition) is 0. The lowest BCUT2D eigenvalue weighted by Gasteiger charge is -2.44. The first-order chi connectivity index (χ1) is 16.5. The van der Waals surface area contributed by atoms with Crippen LogP contribution in [0.5, 0.6) is 0 Å². The van der Waals surface area contributed by atoms with Crippen molar-refractivity contribution in [2.45, 2.75) is 37.5 Å². The molecule has 1 spiro atoms. The third-order valence-electron chi connectivity index (χ3n) is 7.14. The molecule has 2 aromatic carbocycles. The van der Waals surface area contributed by atoms with Crippen molar-refractivity contribution in [3.63, 3.8) is 0 Å². The summed E-state index contributed by atoms with van der Waals surface area (Å²) in [6, 6.07) is 15.4. The number of rotatable bonds is 3. The van der Waals surface area contributed by atoms with Crippen molar-refractivity contribution in [3.8, 4) is 0 Å². The van der Waals surface area contributed by atoms with Gasteiger partial charge >= 0.3 is 0 Å². The zero-order chi connectivity index (χ0) is 23.7. The quantitative estimate of drug-likeness (QED) is 0.673. The Hall–Kier alpha value is -2.90. The average Bonchev–Trinajstić information content (AvgIpc) is 3.53. The summed E-state index contributed by atoms with van der Waals surface area (Å²) in [7, 11) is 0. The van der Waals surface area contributed by atoms with Crippen LogP contribution in [0.25, 0.3) is 0 Å². The molecule has 178 valence electrons. The van der Waals surface area contributed by atoms with Crippen molar-refractivity contribution in [2.75, 3.05) is 32.8 Å². The second kappa shape index (κ2) is 9.39. The third kappa shape index (κ3) is 4.07. The predicted octanol–water partition coefficient (Wildman–Crippen LogP) is 3.44. The van der Waals surface area contributed by atoms with Gasteiger partial charge in [-0.3, -0.25) is 19.3 Å². The van der Waals surface area contributed by atoms with Gasteiger partial charge in [-0.2, -0.15) is 0 Å². The average molecular weight is 482 g/mol. The van der Waals surface area contributed by atoms with E-state index in [9.17, 15) is 14.4 Å². The largest absolute Gasteiger partial charge is 0.353 e. The Kier molecular flexibility index (Phi) is 6.32. The molecule has 0 aliphatic carbocycles. The van der Waals surface area contributed by atoms with Crippen LogP contribution in [0.15, 0.2) is 54.6 Å². The molecule has 0 saturated carbocycles. The van der Waals surface area contributed by atoms with Gasteiger partial charge in [-0.1, -0.05) is 41.9 Å². The summed E-state index contributed by atoms with van der Waals surface area (Å²) in [5.74, 6) is -0.390. The highest BCUT2D eigenvalue weighted by atomic mass is 35.5. The molecule has 5 rings (SSSR count). The molecular formula is C26H28ClN3O4. The van der Waals surface area contributed by atoms with Crippen molar-refractivity contribution < 1.29 is 19.1 Å². The molecule has 0 N–H and O–H groups in total. The lowest BCUT2D eigenvalue weighted by Crippen LogP contribution is -2.60. The monoisotopic (exact) mass is 481 g/mol. The molecule has 2 aromatic rings. The van der Waals surface area contributed by atoms with Gasteiger partial charge in [0.15, 0.2) is 0 Å². The number of ether oxygens (including phenoxy) is 1. The Balaban J connectivity index is 1.39. The van der Waals surface area contributed by atoms with E-state index >= 15 is 0 Å². The fourth-order valence-corrected chi connectivity index (χ4v) is 5.50. The Labute approximate surface area is 204 Å². The molecule has 8 heteroatoms. The van der Waals surface area contributed by atoms with E-state index in [0.29, 0.717) is 42.1 Å². The molecule has 3 amide bonds. The topological polar surface area (TPSA) is 70.2 Å². The predicted molar refractivity (Wildman–Crippen MR) is 127 cm³/mol. The summed E-state index contributed by atoms with van der Waals surface area (Å²) < 4.78 is 6.28. The minimum atomic E-state index is -0.912. The fourth-order valence-electron chi connectivity index (χ4n) is 5.29. The van der Waals surface area contributed by atoms with Crippen LogP contribution >= 0.6 is 11.6 Å². The summed E-state index contributed by atoms with van der Waals surface area (Å²) in [6.45, 7) is 2.43. The van der Waals surface area contributed by atoms with E-state index in [4.69, 9.17) is 16.3 Å². The maximum atomic E-state index is 13.7. The molecule has 3 aliphatic heterocycles. The van der Waals surface area contributed by atoms with Crippen molar-refractivity contribution in [1.82, 2.24) is 14.7 Å². The molecule has 3 fully saturated rings. The fraction of sp³-hybridized carbons (Fsp3) is 0.423. The molecule has 0 aromatic heterocycles. The zero-order valence-corrected chi connectivity index (χ0v) is 19.7. The number of benzene rings is 2. The second-order valence-electron chi connectivity index (χ2n) is 9.12. The molecule has 0 radical (unpaired) electrons. The first-order valence-corrected chi connectivity index (χ1v) is 12.2. The lowest BCUT2D eigenvalue weighted by atomic mass is 9.96. The van der Waals surface area contributed by atoms with Crippen LogP contribution in [-0.2, 0) is 9.53 Å². The first kappa shape index (κ1) is 22.9. The highest BCUT2D eigenvalue weighted by Gasteiger charge is 2.55. The van der Waals surface area contributed by atoms with Crippen molar-refractivity contribution in [2.24, 2.45) is 0 Å². The van der Waals surface area contributed by atoms with Crippen LogP contribution in [0.1, 0.15) is 46.4 Å². The summed E-state index contributed by atoms with van der Waals surface area (Å²) in [5.41, 5.74) is 0.0810.